The number of ether oxygens (including phenoxy) is 1. The second-order valence-electron chi connectivity index (χ2n) is 5.34. The van der Waals surface area contributed by atoms with Crippen LogP contribution in [0.25, 0.3) is 0 Å². The fourth-order valence-corrected chi connectivity index (χ4v) is 2.93. The maximum absolute atomic E-state index is 12.7. The van der Waals surface area contributed by atoms with Gasteiger partial charge in [-0.2, -0.15) is 0 Å². The molecule has 0 bridgehead atoms. The zero-order chi connectivity index (χ0) is 14.7. The van der Waals surface area contributed by atoms with Crippen molar-refractivity contribution in [3.63, 3.8) is 0 Å². The molecule has 110 valence electrons. The van der Waals surface area contributed by atoms with Gasteiger partial charge in [-0.05, 0) is 45.4 Å². The lowest BCUT2D eigenvalue weighted by Crippen LogP contribution is -2.34. The summed E-state index contributed by atoms with van der Waals surface area (Å²) in [4.78, 5) is 12.7. The predicted octanol–water partition coefficient (Wildman–Crippen LogP) is 3.96. The number of ketones is 1. The maximum atomic E-state index is 12.7. The van der Waals surface area contributed by atoms with Crippen LogP contribution in [0.1, 0.15) is 37.0 Å². The average molecular weight is 316 g/mol. The summed E-state index contributed by atoms with van der Waals surface area (Å²) in [5.41, 5.74) is 0.491. The molecule has 1 fully saturated rings. The molecule has 0 amide bonds. The van der Waals surface area contributed by atoms with Gasteiger partial charge in [0.05, 0.1) is 16.7 Å². The standard InChI is InChI=1S/C15H19Cl2NO2/c1-9(2)20-15-12(6-11(16)7-13(15)17)14(19)10-4-3-5-18-8-10/h6-7,9-10,18H,3-5,8H2,1-2H3. The van der Waals surface area contributed by atoms with Crippen LogP contribution in [0, 0.1) is 5.92 Å². The van der Waals surface area contributed by atoms with Crippen molar-refractivity contribution < 1.29 is 9.53 Å². The molecule has 2 rings (SSSR count). The lowest BCUT2D eigenvalue weighted by molar-refractivity contribution is 0.0894. The van der Waals surface area contributed by atoms with Gasteiger partial charge in [-0.1, -0.05) is 23.2 Å². The van der Waals surface area contributed by atoms with Crippen LogP contribution in [-0.4, -0.2) is 25.0 Å². The van der Waals surface area contributed by atoms with Crippen molar-refractivity contribution >= 4 is 29.0 Å². The highest BCUT2D eigenvalue weighted by Gasteiger charge is 2.26. The second-order valence-corrected chi connectivity index (χ2v) is 6.18. The van der Waals surface area contributed by atoms with Gasteiger partial charge in [-0.25, -0.2) is 0 Å². The van der Waals surface area contributed by atoms with Crippen molar-refractivity contribution in [3.05, 3.63) is 27.7 Å². The molecule has 1 aromatic carbocycles. The van der Waals surface area contributed by atoms with E-state index in [1.807, 2.05) is 13.8 Å². The summed E-state index contributed by atoms with van der Waals surface area (Å²) in [7, 11) is 0. The van der Waals surface area contributed by atoms with E-state index in [9.17, 15) is 4.79 Å². The van der Waals surface area contributed by atoms with E-state index >= 15 is 0 Å². The van der Waals surface area contributed by atoms with Crippen LogP contribution in [-0.2, 0) is 0 Å². The van der Waals surface area contributed by atoms with Crippen molar-refractivity contribution in [3.8, 4) is 5.75 Å². The van der Waals surface area contributed by atoms with Crippen LogP contribution in [0.3, 0.4) is 0 Å². The Morgan fingerprint density at radius 2 is 2.15 bits per heavy atom. The number of hydrogen-bond donors (Lipinski definition) is 1. The average Bonchev–Trinajstić information content (AvgIpc) is 2.41. The van der Waals surface area contributed by atoms with E-state index < -0.39 is 0 Å². The third-order valence-electron chi connectivity index (χ3n) is 3.30. The minimum Gasteiger partial charge on any atom is -0.489 e. The van der Waals surface area contributed by atoms with Crippen molar-refractivity contribution in [2.75, 3.05) is 13.1 Å². The van der Waals surface area contributed by atoms with E-state index in [0.717, 1.165) is 19.4 Å². The Kier molecular flexibility index (Phi) is 5.30. The van der Waals surface area contributed by atoms with Crippen LogP contribution in [0.15, 0.2) is 12.1 Å². The molecule has 0 spiro atoms. The molecule has 1 N–H and O–H groups in total. The molecule has 1 unspecified atom stereocenters. The van der Waals surface area contributed by atoms with Gasteiger partial charge in [-0.3, -0.25) is 4.79 Å². The normalized spacial score (nSPS) is 19.1. The van der Waals surface area contributed by atoms with Gasteiger partial charge < -0.3 is 10.1 Å². The number of benzene rings is 1. The first kappa shape index (κ1) is 15.6. The Morgan fingerprint density at radius 3 is 2.75 bits per heavy atom. The number of piperidine rings is 1. The van der Waals surface area contributed by atoms with Crippen LogP contribution in [0.4, 0.5) is 0 Å². The molecule has 1 atom stereocenters. The summed E-state index contributed by atoms with van der Waals surface area (Å²) in [6.07, 6.45) is 1.84. The summed E-state index contributed by atoms with van der Waals surface area (Å²) in [6.45, 7) is 5.47. The molecule has 1 aliphatic heterocycles. The van der Waals surface area contributed by atoms with Crippen molar-refractivity contribution in [1.82, 2.24) is 5.32 Å². The quantitative estimate of drug-likeness (QED) is 0.855. The topological polar surface area (TPSA) is 38.3 Å². The smallest absolute Gasteiger partial charge is 0.171 e. The molecule has 1 saturated heterocycles. The number of carbonyl (C=O) groups is 1. The lowest BCUT2D eigenvalue weighted by Gasteiger charge is -2.23. The van der Waals surface area contributed by atoms with Crippen molar-refractivity contribution in [2.24, 2.45) is 5.92 Å². The minimum atomic E-state index is -0.0512. The Balaban J connectivity index is 2.35. The second kappa shape index (κ2) is 6.79. The van der Waals surface area contributed by atoms with E-state index in [0.29, 0.717) is 27.9 Å². The van der Waals surface area contributed by atoms with Crippen molar-refractivity contribution in [1.29, 1.82) is 0 Å². The van der Waals surface area contributed by atoms with E-state index in [1.54, 1.807) is 12.1 Å². The predicted molar refractivity (Wildman–Crippen MR) is 82.2 cm³/mol. The number of nitrogens with one attached hydrogen (secondary N) is 1. The summed E-state index contributed by atoms with van der Waals surface area (Å²) in [5.74, 6) is 0.465. The Bertz CT molecular complexity index is 497. The van der Waals surface area contributed by atoms with E-state index in [-0.39, 0.29) is 17.8 Å². The highest BCUT2D eigenvalue weighted by Crippen LogP contribution is 2.35. The van der Waals surface area contributed by atoms with Crippen molar-refractivity contribution in [2.45, 2.75) is 32.8 Å². The highest BCUT2D eigenvalue weighted by molar-refractivity contribution is 6.36. The number of Topliss-reactive ketones (excluding diaryl/α,β-unsaturated/α-hetero) is 1. The Morgan fingerprint density at radius 1 is 1.40 bits per heavy atom. The molecule has 0 aliphatic carbocycles. The number of hydrogen-bond acceptors (Lipinski definition) is 3. The summed E-state index contributed by atoms with van der Waals surface area (Å²) < 4.78 is 5.71. The molecule has 0 saturated carbocycles. The van der Waals surface area contributed by atoms with Crippen LogP contribution >= 0.6 is 23.2 Å². The van der Waals surface area contributed by atoms with Gasteiger partial charge in [0.15, 0.2) is 5.78 Å². The van der Waals surface area contributed by atoms with Gasteiger partial charge in [0, 0.05) is 17.5 Å². The third-order valence-corrected chi connectivity index (χ3v) is 3.79. The SMILES string of the molecule is CC(C)Oc1c(Cl)cc(Cl)cc1C(=O)C1CCCNC1. The first-order valence-corrected chi connectivity index (χ1v) is 7.65. The molecule has 0 aromatic heterocycles. The van der Waals surface area contributed by atoms with Gasteiger partial charge in [0.2, 0.25) is 0 Å². The molecule has 1 aliphatic rings. The fourth-order valence-electron chi connectivity index (χ4n) is 2.39. The van der Waals surface area contributed by atoms with E-state index in [1.165, 1.54) is 0 Å². The van der Waals surface area contributed by atoms with Gasteiger partial charge in [0.25, 0.3) is 0 Å². The highest BCUT2D eigenvalue weighted by atomic mass is 35.5. The zero-order valence-corrected chi connectivity index (χ0v) is 13.2. The largest absolute Gasteiger partial charge is 0.489 e. The maximum Gasteiger partial charge on any atom is 0.171 e. The molecule has 1 heterocycles. The molecule has 20 heavy (non-hydrogen) atoms. The molecule has 5 heteroatoms. The zero-order valence-electron chi connectivity index (χ0n) is 11.7. The lowest BCUT2D eigenvalue weighted by atomic mass is 9.90. The van der Waals surface area contributed by atoms with Gasteiger partial charge >= 0.3 is 0 Å². The van der Waals surface area contributed by atoms with Gasteiger partial charge in [-0.15, -0.1) is 0 Å². The first-order valence-electron chi connectivity index (χ1n) is 6.89. The van der Waals surface area contributed by atoms with Gasteiger partial charge in [0.1, 0.15) is 5.75 Å². The van der Waals surface area contributed by atoms with Crippen LogP contribution < -0.4 is 10.1 Å². The minimum absolute atomic E-state index is 0.0344. The first-order chi connectivity index (χ1) is 9.49. The van der Waals surface area contributed by atoms with E-state index in [4.69, 9.17) is 27.9 Å². The monoisotopic (exact) mass is 315 g/mol. The molecular weight excluding hydrogens is 297 g/mol. The summed E-state index contributed by atoms with van der Waals surface area (Å²) >= 11 is 12.2. The van der Waals surface area contributed by atoms with Crippen LogP contribution in [0.5, 0.6) is 5.75 Å². The Hall–Kier alpha value is -0.770. The number of rotatable bonds is 4. The third kappa shape index (κ3) is 3.66. The molecule has 0 radical (unpaired) electrons. The fraction of sp³-hybridized carbons (Fsp3) is 0.533. The van der Waals surface area contributed by atoms with Crippen LogP contribution in [0.2, 0.25) is 10.0 Å². The molecule has 1 aromatic rings. The summed E-state index contributed by atoms with van der Waals surface area (Å²) in [5, 5.41) is 4.09. The summed E-state index contributed by atoms with van der Waals surface area (Å²) in [6, 6.07) is 3.26. The van der Waals surface area contributed by atoms with E-state index in [2.05, 4.69) is 5.32 Å². The number of halogens is 2. The molecule has 3 nitrogen and oxygen atoms in total. The Labute approximate surface area is 129 Å². The molecular formula is C15H19Cl2NO2. The number of carbonyl (C=O) groups excluding carboxylic acids is 1.